The third kappa shape index (κ3) is 2.50. The first-order chi connectivity index (χ1) is 11.6. The fourth-order valence-corrected chi connectivity index (χ4v) is 3.84. The van der Waals surface area contributed by atoms with Crippen LogP contribution in [0.5, 0.6) is 0 Å². The molecule has 126 valence electrons. The van der Waals surface area contributed by atoms with Crippen molar-refractivity contribution in [2.24, 2.45) is 5.92 Å². The molecule has 4 rings (SSSR count). The van der Waals surface area contributed by atoms with Gasteiger partial charge in [-0.15, -0.1) is 10.2 Å². The van der Waals surface area contributed by atoms with Crippen LogP contribution in [0, 0.1) is 12.8 Å². The van der Waals surface area contributed by atoms with Gasteiger partial charge in [0, 0.05) is 31.0 Å². The second-order valence-corrected chi connectivity index (χ2v) is 6.94. The van der Waals surface area contributed by atoms with Gasteiger partial charge in [0.2, 0.25) is 17.7 Å². The third-order valence-corrected chi connectivity index (χ3v) is 5.35. The van der Waals surface area contributed by atoms with Crippen LogP contribution in [0.1, 0.15) is 17.3 Å². The number of aryl methyl sites for hydroxylation is 1. The lowest BCUT2D eigenvalue weighted by atomic mass is 9.81. The minimum absolute atomic E-state index is 0.0631. The molecule has 1 aromatic carbocycles. The van der Waals surface area contributed by atoms with Crippen LogP contribution in [-0.4, -0.2) is 47.3 Å². The lowest BCUT2D eigenvalue weighted by Gasteiger charge is -2.23. The zero-order chi connectivity index (χ0) is 16.7. The highest BCUT2D eigenvalue weighted by molar-refractivity contribution is 6.31. The number of carbonyl (C=O) groups excluding carboxylic acids is 1. The minimum Gasteiger partial charge on any atom is -0.425 e. The van der Waals surface area contributed by atoms with Gasteiger partial charge >= 0.3 is 0 Å². The Morgan fingerprint density at radius 1 is 1.42 bits per heavy atom. The Morgan fingerprint density at radius 2 is 2.25 bits per heavy atom. The number of hydrogen-bond donors (Lipinski definition) is 0. The van der Waals surface area contributed by atoms with Crippen molar-refractivity contribution in [1.82, 2.24) is 15.1 Å². The van der Waals surface area contributed by atoms with Crippen molar-refractivity contribution in [3.05, 3.63) is 46.6 Å². The number of carbonyl (C=O) groups is 1. The zero-order valence-electron chi connectivity index (χ0n) is 13.4. The molecule has 1 amide bonds. The summed E-state index contributed by atoms with van der Waals surface area (Å²) in [6.45, 7) is 4.08. The quantitative estimate of drug-likeness (QED) is 0.849. The van der Waals surface area contributed by atoms with E-state index in [0.29, 0.717) is 49.5 Å². The maximum Gasteiger partial charge on any atom is 0.227 e. The van der Waals surface area contributed by atoms with Crippen molar-refractivity contribution in [2.45, 2.75) is 18.8 Å². The summed E-state index contributed by atoms with van der Waals surface area (Å²) in [6, 6.07) is 7.45. The van der Waals surface area contributed by atoms with Crippen molar-refractivity contribution in [3.8, 4) is 0 Å². The van der Waals surface area contributed by atoms with Gasteiger partial charge in [0.05, 0.1) is 25.0 Å². The second kappa shape index (κ2) is 5.86. The van der Waals surface area contributed by atoms with Crippen LogP contribution in [-0.2, 0) is 21.4 Å². The highest BCUT2D eigenvalue weighted by atomic mass is 35.5. The van der Waals surface area contributed by atoms with E-state index < -0.39 is 0 Å². The van der Waals surface area contributed by atoms with Crippen LogP contribution in [0.15, 0.2) is 28.7 Å². The molecule has 2 saturated heterocycles. The van der Waals surface area contributed by atoms with Gasteiger partial charge < -0.3 is 14.1 Å². The number of rotatable bonds is 3. The first-order valence-electron chi connectivity index (χ1n) is 7.98. The molecule has 2 aliphatic rings. The van der Waals surface area contributed by atoms with Gasteiger partial charge in [0.1, 0.15) is 0 Å². The molecule has 0 N–H and O–H groups in total. The Labute approximate surface area is 144 Å². The molecule has 2 atom stereocenters. The predicted molar refractivity (Wildman–Crippen MR) is 86.8 cm³/mol. The van der Waals surface area contributed by atoms with Crippen molar-refractivity contribution < 1.29 is 13.9 Å². The van der Waals surface area contributed by atoms with E-state index in [1.54, 1.807) is 13.0 Å². The van der Waals surface area contributed by atoms with E-state index in [-0.39, 0.29) is 17.2 Å². The van der Waals surface area contributed by atoms with E-state index in [1.165, 1.54) is 0 Å². The maximum absolute atomic E-state index is 12.7. The normalized spacial score (nSPS) is 25.9. The summed E-state index contributed by atoms with van der Waals surface area (Å²) in [4.78, 5) is 14.6. The fourth-order valence-electron chi connectivity index (χ4n) is 3.64. The summed E-state index contributed by atoms with van der Waals surface area (Å²) in [5.41, 5.74) is 0.470. The zero-order valence-corrected chi connectivity index (χ0v) is 14.1. The minimum atomic E-state index is -0.378. The van der Waals surface area contributed by atoms with E-state index in [1.807, 2.05) is 23.1 Å². The second-order valence-electron chi connectivity index (χ2n) is 6.54. The van der Waals surface area contributed by atoms with Crippen molar-refractivity contribution >= 4 is 17.5 Å². The predicted octanol–water partition coefficient (Wildman–Crippen LogP) is 2.00. The number of fused-ring (bicyclic) bond motifs is 1. The Balaban J connectivity index is 1.55. The summed E-state index contributed by atoms with van der Waals surface area (Å²) in [7, 11) is 0. The van der Waals surface area contributed by atoms with E-state index in [9.17, 15) is 4.79 Å². The lowest BCUT2D eigenvalue weighted by Crippen LogP contribution is -2.38. The number of ether oxygens (including phenoxy) is 1. The summed E-state index contributed by atoms with van der Waals surface area (Å²) in [6.07, 6.45) is 0.298. The Morgan fingerprint density at radius 3 is 3.00 bits per heavy atom. The lowest BCUT2D eigenvalue weighted by molar-refractivity contribution is -0.130. The third-order valence-electron chi connectivity index (χ3n) is 4.98. The standard InChI is InChI=1S/C17H18ClN3O3/c1-11-19-20-16(24-11)17-9-21(7-13(17)8-23-10-17)15(22)6-12-4-2-3-5-14(12)18/h2-5,13H,6-10H2,1H3/t13-,17-/m0/s1. The van der Waals surface area contributed by atoms with E-state index >= 15 is 0 Å². The number of hydrogen-bond acceptors (Lipinski definition) is 5. The van der Waals surface area contributed by atoms with E-state index in [4.69, 9.17) is 20.8 Å². The van der Waals surface area contributed by atoms with Crippen LogP contribution >= 0.6 is 11.6 Å². The van der Waals surface area contributed by atoms with Crippen LogP contribution < -0.4 is 0 Å². The van der Waals surface area contributed by atoms with Gasteiger partial charge in [-0.3, -0.25) is 4.79 Å². The van der Waals surface area contributed by atoms with Crippen LogP contribution in [0.3, 0.4) is 0 Å². The molecule has 2 aliphatic heterocycles. The fraction of sp³-hybridized carbons (Fsp3) is 0.471. The van der Waals surface area contributed by atoms with Crippen molar-refractivity contribution in [3.63, 3.8) is 0 Å². The van der Waals surface area contributed by atoms with Crippen LogP contribution in [0.2, 0.25) is 5.02 Å². The average Bonchev–Trinajstić information content (AvgIpc) is 3.23. The van der Waals surface area contributed by atoms with Gasteiger partial charge in [-0.2, -0.15) is 0 Å². The largest absolute Gasteiger partial charge is 0.425 e. The van der Waals surface area contributed by atoms with Crippen LogP contribution in [0.25, 0.3) is 0 Å². The first kappa shape index (κ1) is 15.6. The monoisotopic (exact) mass is 347 g/mol. The number of halogens is 1. The maximum atomic E-state index is 12.7. The smallest absolute Gasteiger partial charge is 0.227 e. The molecule has 0 unspecified atom stereocenters. The summed E-state index contributed by atoms with van der Waals surface area (Å²) < 4.78 is 11.3. The summed E-state index contributed by atoms with van der Waals surface area (Å²) >= 11 is 6.17. The van der Waals surface area contributed by atoms with Gasteiger partial charge in [-0.05, 0) is 11.6 Å². The van der Waals surface area contributed by atoms with E-state index in [0.717, 1.165) is 5.56 Å². The molecule has 24 heavy (non-hydrogen) atoms. The van der Waals surface area contributed by atoms with Gasteiger partial charge in [0.25, 0.3) is 0 Å². The van der Waals surface area contributed by atoms with Crippen molar-refractivity contribution in [2.75, 3.05) is 26.3 Å². The van der Waals surface area contributed by atoms with Crippen molar-refractivity contribution in [1.29, 1.82) is 0 Å². The molecule has 6 nitrogen and oxygen atoms in total. The Kier molecular flexibility index (Phi) is 3.81. The Hall–Kier alpha value is -1.92. The first-order valence-corrected chi connectivity index (χ1v) is 8.36. The van der Waals surface area contributed by atoms with Gasteiger partial charge in [-0.25, -0.2) is 0 Å². The molecule has 3 heterocycles. The topological polar surface area (TPSA) is 68.5 Å². The van der Waals surface area contributed by atoms with Gasteiger partial charge in [0.15, 0.2) is 0 Å². The Bertz CT molecular complexity index is 778. The molecule has 0 radical (unpaired) electrons. The summed E-state index contributed by atoms with van der Waals surface area (Å²) in [5, 5.41) is 8.76. The highest BCUT2D eigenvalue weighted by Crippen LogP contribution is 2.43. The SMILES string of the molecule is Cc1nnc([C@@]23COC[C@@H]2CN(C(=O)Cc2ccccc2Cl)C3)o1. The van der Waals surface area contributed by atoms with E-state index in [2.05, 4.69) is 10.2 Å². The molecule has 7 heteroatoms. The molecule has 0 saturated carbocycles. The number of benzene rings is 1. The number of aromatic nitrogens is 2. The highest BCUT2D eigenvalue weighted by Gasteiger charge is 2.56. The molecule has 0 aliphatic carbocycles. The number of amides is 1. The number of nitrogens with zero attached hydrogens (tertiary/aromatic N) is 3. The van der Waals surface area contributed by atoms with Gasteiger partial charge in [-0.1, -0.05) is 29.8 Å². The molecule has 0 bridgehead atoms. The number of likely N-dealkylation sites (tertiary alicyclic amines) is 1. The molecular weight excluding hydrogens is 330 g/mol. The molecule has 1 aromatic heterocycles. The van der Waals surface area contributed by atoms with Crippen LogP contribution in [0.4, 0.5) is 0 Å². The summed E-state index contributed by atoms with van der Waals surface area (Å²) in [5.74, 6) is 1.36. The molecular formula is C17H18ClN3O3. The molecule has 2 aromatic rings. The average molecular weight is 348 g/mol. The molecule has 2 fully saturated rings. The molecule has 0 spiro atoms.